The Morgan fingerprint density at radius 1 is 1.13 bits per heavy atom. The van der Waals surface area contributed by atoms with Gasteiger partial charge in [0.15, 0.2) is 5.75 Å². The summed E-state index contributed by atoms with van der Waals surface area (Å²) < 4.78 is 30.5. The molecule has 1 aliphatic carbocycles. The van der Waals surface area contributed by atoms with Gasteiger partial charge in [0, 0.05) is 36.0 Å². The first-order chi connectivity index (χ1) is 15.1. The van der Waals surface area contributed by atoms with Crippen LogP contribution < -0.4 is 9.47 Å². The summed E-state index contributed by atoms with van der Waals surface area (Å²) in [6.45, 7) is 6.67. The summed E-state index contributed by atoms with van der Waals surface area (Å²) in [5.74, 6) is 1.07. The molecule has 2 fully saturated rings. The molecule has 6 nitrogen and oxygen atoms in total. The maximum Gasteiger partial charge on any atom is 0.257 e. The molecule has 0 aromatic carbocycles. The first-order valence-corrected chi connectivity index (χ1v) is 11.3. The van der Waals surface area contributed by atoms with E-state index in [2.05, 4.69) is 20.9 Å². The van der Waals surface area contributed by atoms with Gasteiger partial charge in [-0.1, -0.05) is 0 Å². The molecule has 2 aromatic heterocycles. The van der Waals surface area contributed by atoms with Crippen molar-refractivity contribution in [1.29, 1.82) is 0 Å². The van der Waals surface area contributed by atoms with Gasteiger partial charge >= 0.3 is 0 Å². The van der Waals surface area contributed by atoms with Crippen LogP contribution in [-0.4, -0.2) is 54.4 Å². The molecule has 0 unspecified atom stereocenters. The minimum absolute atomic E-state index is 0.0466. The number of likely N-dealkylation sites (tertiary alicyclic amines) is 1. The third kappa shape index (κ3) is 4.13. The van der Waals surface area contributed by atoms with E-state index >= 15 is 0 Å². The standard InChI is InChI=1S/C24H30FN3O3/c1-2-29-17-23(6-5-20-4-3-19(25)15-26-20)9-10-28(16-23)24(7-8-24)18-13-21-22(27-14-18)31-12-11-30-21/h3-4,13-15H,2,5-12,16-17H2,1H3/t23-/m1/s1. The predicted octanol–water partition coefficient (Wildman–Crippen LogP) is 3.74. The minimum Gasteiger partial charge on any atom is -0.484 e. The van der Waals surface area contributed by atoms with E-state index in [4.69, 9.17) is 14.2 Å². The van der Waals surface area contributed by atoms with Crippen LogP contribution in [0.25, 0.3) is 0 Å². The number of halogens is 1. The quantitative estimate of drug-likeness (QED) is 0.640. The molecular formula is C24H30FN3O3. The van der Waals surface area contributed by atoms with Crippen molar-refractivity contribution in [3.63, 3.8) is 0 Å². The normalized spacial score (nSPS) is 24.3. The smallest absolute Gasteiger partial charge is 0.257 e. The topological polar surface area (TPSA) is 56.7 Å². The molecule has 0 spiro atoms. The summed E-state index contributed by atoms with van der Waals surface area (Å²) in [5, 5.41) is 0. The van der Waals surface area contributed by atoms with E-state index in [0.29, 0.717) is 25.7 Å². The molecule has 0 radical (unpaired) electrons. The van der Waals surface area contributed by atoms with Gasteiger partial charge in [0.25, 0.3) is 5.88 Å². The van der Waals surface area contributed by atoms with Crippen LogP contribution in [0.5, 0.6) is 11.6 Å². The number of nitrogens with zero attached hydrogens (tertiary/aromatic N) is 3. The average molecular weight is 428 g/mol. The van der Waals surface area contributed by atoms with Crippen molar-refractivity contribution in [1.82, 2.24) is 14.9 Å². The fraction of sp³-hybridized carbons (Fsp3) is 0.583. The molecule has 0 amide bonds. The van der Waals surface area contributed by atoms with Gasteiger partial charge in [-0.05, 0) is 69.3 Å². The highest BCUT2D eigenvalue weighted by molar-refractivity contribution is 5.42. The number of hydrogen-bond donors (Lipinski definition) is 0. The Hall–Kier alpha value is -2.25. The molecule has 7 heteroatoms. The van der Waals surface area contributed by atoms with Crippen molar-refractivity contribution in [2.75, 3.05) is 39.5 Å². The Morgan fingerprint density at radius 2 is 2.00 bits per heavy atom. The van der Waals surface area contributed by atoms with Crippen LogP contribution >= 0.6 is 0 Å². The molecule has 166 valence electrons. The van der Waals surface area contributed by atoms with Crippen molar-refractivity contribution < 1.29 is 18.6 Å². The number of hydrogen-bond acceptors (Lipinski definition) is 6. The molecule has 1 atom stereocenters. The van der Waals surface area contributed by atoms with Crippen molar-refractivity contribution in [2.45, 2.75) is 44.6 Å². The molecule has 1 saturated heterocycles. The van der Waals surface area contributed by atoms with Gasteiger partial charge in [0.05, 0.1) is 12.8 Å². The lowest BCUT2D eigenvalue weighted by Crippen LogP contribution is -2.38. The summed E-state index contributed by atoms with van der Waals surface area (Å²) in [7, 11) is 0. The second kappa shape index (κ2) is 8.36. The second-order valence-electron chi connectivity index (χ2n) is 9.03. The monoisotopic (exact) mass is 427 g/mol. The highest BCUT2D eigenvalue weighted by Crippen LogP contribution is 2.55. The number of aryl methyl sites for hydroxylation is 1. The van der Waals surface area contributed by atoms with E-state index in [9.17, 15) is 4.39 Å². The number of aromatic nitrogens is 2. The van der Waals surface area contributed by atoms with E-state index in [1.54, 1.807) is 6.07 Å². The number of fused-ring (bicyclic) bond motifs is 1. The molecule has 1 saturated carbocycles. The zero-order valence-corrected chi connectivity index (χ0v) is 18.1. The zero-order valence-electron chi connectivity index (χ0n) is 18.1. The van der Waals surface area contributed by atoms with Crippen LogP contribution in [-0.2, 0) is 16.7 Å². The summed E-state index contributed by atoms with van der Waals surface area (Å²) in [6.07, 6.45) is 8.45. The van der Waals surface area contributed by atoms with Gasteiger partial charge in [-0.2, -0.15) is 0 Å². The SMILES string of the molecule is CCOC[C@]1(CCc2ccc(F)cn2)CCN(C2(c3cnc4c(c3)OCCO4)CC2)C1. The third-order valence-corrected chi connectivity index (χ3v) is 7.02. The highest BCUT2D eigenvalue weighted by atomic mass is 19.1. The largest absolute Gasteiger partial charge is 0.484 e. The Labute approximate surface area is 182 Å². The summed E-state index contributed by atoms with van der Waals surface area (Å²) in [5.41, 5.74) is 2.30. The molecule has 2 aromatic rings. The van der Waals surface area contributed by atoms with Crippen LogP contribution in [0, 0.1) is 11.2 Å². The molecule has 4 heterocycles. The number of pyridine rings is 2. The van der Waals surface area contributed by atoms with Crippen molar-refractivity contribution in [3.8, 4) is 11.6 Å². The Morgan fingerprint density at radius 3 is 2.77 bits per heavy atom. The Bertz CT molecular complexity index is 919. The lowest BCUT2D eigenvalue weighted by molar-refractivity contribution is 0.0441. The molecule has 5 rings (SSSR count). The minimum atomic E-state index is -0.288. The summed E-state index contributed by atoms with van der Waals surface area (Å²) >= 11 is 0. The van der Waals surface area contributed by atoms with E-state index in [0.717, 1.165) is 63.2 Å². The molecule has 2 aliphatic heterocycles. The van der Waals surface area contributed by atoms with Crippen molar-refractivity contribution in [3.05, 3.63) is 47.7 Å². The number of ether oxygens (including phenoxy) is 3. The predicted molar refractivity (Wildman–Crippen MR) is 114 cm³/mol. The Kier molecular flexibility index (Phi) is 5.56. The number of rotatable bonds is 8. The average Bonchev–Trinajstić information content (AvgIpc) is 3.51. The first-order valence-electron chi connectivity index (χ1n) is 11.3. The van der Waals surface area contributed by atoms with E-state index < -0.39 is 0 Å². The lowest BCUT2D eigenvalue weighted by Gasteiger charge is -2.33. The molecule has 0 N–H and O–H groups in total. The van der Waals surface area contributed by atoms with Crippen LogP contribution in [0.3, 0.4) is 0 Å². The maximum absolute atomic E-state index is 13.2. The van der Waals surface area contributed by atoms with E-state index in [1.165, 1.54) is 17.8 Å². The van der Waals surface area contributed by atoms with Crippen LogP contribution in [0.2, 0.25) is 0 Å². The summed E-state index contributed by atoms with van der Waals surface area (Å²) in [4.78, 5) is 11.4. The third-order valence-electron chi connectivity index (χ3n) is 7.02. The molecule has 3 aliphatic rings. The molecule has 0 bridgehead atoms. The first kappa shape index (κ1) is 20.6. The molecular weight excluding hydrogens is 397 g/mol. The fourth-order valence-corrected chi connectivity index (χ4v) is 5.05. The van der Waals surface area contributed by atoms with Crippen molar-refractivity contribution >= 4 is 0 Å². The van der Waals surface area contributed by atoms with Gasteiger partial charge in [-0.15, -0.1) is 0 Å². The van der Waals surface area contributed by atoms with E-state index in [-0.39, 0.29) is 16.8 Å². The zero-order chi connectivity index (χ0) is 21.3. The van der Waals surface area contributed by atoms with Gasteiger partial charge in [-0.25, -0.2) is 9.37 Å². The van der Waals surface area contributed by atoms with Gasteiger partial charge < -0.3 is 14.2 Å². The van der Waals surface area contributed by atoms with Gasteiger partial charge in [0.2, 0.25) is 0 Å². The van der Waals surface area contributed by atoms with Crippen LogP contribution in [0.15, 0.2) is 30.6 Å². The van der Waals surface area contributed by atoms with E-state index in [1.807, 2.05) is 13.1 Å². The van der Waals surface area contributed by atoms with Gasteiger partial charge in [-0.3, -0.25) is 9.88 Å². The molecule has 31 heavy (non-hydrogen) atoms. The summed E-state index contributed by atoms with van der Waals surface area (Å²) in [6, 6.07) is 5.41. The van der Waals surface area contributed by atoms with Crippen LogP contribution in [0.1, 0.15) is 43.9 Å². The lowest BCUT2D eigenvalue weighted by atomic mass is 9.82. The van der Waals surface area contributed by atoms with Crippen molar-refractivity contribution in [2.24, 2.45) is 5.41 Å². The van der Waals surface area contributed by atoms with Crippen LogP contribution in [0.4, 0.5) is 4.39 Å². The fourth-order valence-electron chi connectivity index (χ4n) is 5.05. The highest BCUT2D eigenvalue weighted by Gasteiger charge is 2.54. The second-order valence-corrected chi connectivity index (χ2v) is 9.03. The maximum atomic E-state index is 13.2. The Balaban J connectivity index is 1.32. The van der Waals surface area contributed by atoms with Gasteiger partial charge in [0.1, 0.15) is 19.0 Å².